The van der Waals surface area contributed by atoms with Crippen molar-refractivity contribution in [2.75, 3.05) is 7.05 Å². The molecule has 0 fully saturated rings. The fraction of sp³-hybridized carbons (Fsp3) is 0.333. The molecule has 2 aromatic carbocycles. The number of hydrogen-bond acceptors (Lipinski definition) is 2. The molecule has 2 aromatic rings. The Kier molecular flexibility index (Phi) is 4.13. The number of aryl methyl sites for hydroxylation is 1. The Hall–Kier alpha value is -1.25. The van der Waals surface area contributed by atoms with Crippen LogP contribution in [-0.4, -0.2) is 12.3 Å². The first-order valence-corrected chi connectivity index (χ1v) is 8.25. The molecule has 0 bridgehead atoms. The zero-order valence-corrected chi connectivity index (χ0v) is 12.9. The highest BCUT2D eigenvalue weighted by atomic mass is 32.2. The fourth-order valence-corrected chi connectivity index (χ4v) is 4.51. The largest absolute Gasteiger partial charge is 0.312 e. The molecule has 0 amide bonds. The summed E-state index contributed by atoms with van der Waals surface area (Å²) in [4.78, 5) is 0. The van der Waals surface area contributed by atoms with Crippen molar-refractivity contribution >= 4 is 11.8 Å². The topological polar surface area (TPSA) is 12.0 Å². The minimum absolute atomic E-state index is 0.486. The molecule has 3 rings (SSSR count). The Labute approximate surface area is 125 Å². The standard InChI is InChI=1S/C18H21NS/c1-13-7-3-4-9-15(13)12-20-17-11-14-8-5-6-10-16(14)18(17)19-2/h3-10,17-19H,11-12H2,1-2H3. The highest BCUT2D eigenvalue weighted by Crippen LogP contribution is 2.39. The molecule has 1 N–H and O–H groups in total. The first-order valence-electron chi connectivity index (χ1n) is 7.21. The minimum atomic E-state index is 0.486. The van der Waals surface area contributed by atoms with Crippen LogP contribution in [0.1, 0.15) is 28.3 Å². The van der Waals surface area contributed by atoms with E-state index in [-0.39, 0.29) is 0 Å². The molecule has 0 spiro atoms. The van der Waals surface area contributed by atoms with Gasteiger partial charge in [0.15, 0.2) is 0 Å². The van der Waals surface area contributed by atoms with Gasteiger partial charge in [0.2, 0.25) is 0 Å². The third-order valence-corrected chi connectivity index (χ3v) is 5.55. The molecule has 1 aliphatic rings. The molecular formula is C18H21NS. The molecule has 20 heavy (non-hydrogen) atoms. The van der Waals surface area contributed by atoms with E-state index in [2.05, 4.69) is 79.6 Å². The average molecular weight is 283 g/mol. The summed E-state index contributed by atoms with van der Waals surface area (Å²) in [5.41, 5.74) is 5.85. The predicted molar refractivity (Wildman–Crippen MR) is 88.2 cm³/mol. The van der Waals surface area contributed by atoms with Gasteiger partial charge in [-0.05, 0) is 42.6 Å². The Morgan fingerprint density at radius 1 is 1.10 bits per heavy atom. The van der Waals surface area contributed by atoms with Crippen LogP contribution in [0.3, 0.4) is 0 Å². The lowest BCUT2D eigenvalue weighted by Gasteiger charge is -2.20. The van der Waals surface area contributed by atoms with Crippen molar-refractivity contribution in [3.05, 3.63) is 70.8 Å². The molecule has 0 heterocycles. The van der Waals surface area contributed by atoms with E-state index in [9.17, 15) is 0 Å². The number of nitrogens with one attached hydrogen (secondary N) is 1. The van der Waals surface area contributed by atoms with Crippen molar-refractivity contribution < 1.29 is 0 Å². The average Bonchev–Trinajstić information content (AvgIpc) is 2.84. The van der Waals surface area contributed by atoms with Gasteiger partial charge in [-0.25, -0.2) is 0 Å². The normalized spacial score (nSPS) is 20.9. The fourth-order valence-electron chi connectivity index (χ4n) is 3.02. The monoisotopic (exact) mass is 283 g/mol. The van der Waals surface area contributed by atoms with Crippen LogP contribution in [0.25, 0.3) is 0 Å². The van der Waals surface area contributed by atoms with Crippen LogP contribution in [0.2, 0.25) is 0 Å². The van der Waals surface area contributed by atoms with E-state index in [1.807, 2.05) is 0 Å². The summed E-state index contributed by atoms with van der Waals surface area (Å²) in [7, 11) is 2.08. The SMILES string of the molecule is CNC1c2ccccc2CC1SCc1ccccc1C. The van der Waals surface area contributed by atoms with Gasteiger partial charge in [0.1, 0.15) is 0 Å². The minimum Gasteiger partial charge on any atom is -0.312 e. The van der Waals surface area contributed by atoms with Crippen LogP contribution in [0.4, 0.5) is 0 Å². The number of rotatable bonds is 4. The zero-order valence-electron chi connectivity index (χ0n) is 12.1. The molecule has 0 radical (unpaired) electrons. The summed E-state index contributed by atoms with van der Waals surface area (Å²) >= 11 is 2.08. The maximum absolute atomic E-state index is 3.50. The third-order valence-electron chi connectivity index (χ3n) is 4.21. The van der Waals surface area contributed by atoms with Gasteiger partial charge < -0.3 is 5.32 Å². The van der Waals surface area contributed by atoms with Crippen molar-refractivity contribution in [3.8, 4) is 0 Å². The van der Waals surface area contributed by atoms with Crippen LogP contribution in [0.15, 0.2) is 48.5 Å². The number of fused-ring (bicyclic) bond motifs is 1. The van der Waals surface area contributed by atoms with Crippen molar-refractivity contribution in [1.82, 2.24) is 5.32 Å². The lowest BCUT2D eigenvalue weighted by molar-refractivity contribution is 0.603. The van der Waals surface area contributed by atoms with Crippen LogP contribution in [-0.2, 0) is 12.2 Å². The molecule has 0 saturated carbocycles. The highest BCUT2D eigenvalue weighted by molar-refractivity contribution is 7.99. The van der Waals surface area contributed by atoms with Crippen LogP contribution >= 0.6 is 11.8 Å². The summed E-state index contributed by atoms with van der Waals surface area (Å²) in [6.45, 7) is 2.20. The molecule has 0 saturated heterocycles. The lowest BCUT2D eigenvalue weighted by atomic mass is 10.1. The smallest absolute Gasteiger partial charge is 0.0444 e. The summed E-state index contributed by atoms with van der Waals surface area (Å²) in [5.74, 6) is 1.10. The summed E-state index contributed by atoms with van der Waals surface area (Å²) < 4.78 is 0. The van der Waals surface area contributed by atoms with Gasteiger partial charge in [-0.2, -0.15) is 11.8 Å². The lowest BCUT2D eigenvalue weighted by Crippen LogP contribution is -2.23. The second-order valence-electron chi connectivity index (χ2n) is 5.45. The van der Waals surface area contributed by atoms with Crippen molar-refractivity contribution in [1.29, 1.82) is 0 Å². The van der Waals surface area contributed by atoms with E-state index in [4.69, 9.17) is 0 Å². The van der Waals surface area contributed by atoms with Gasteiger partial charge in [0.05, 0.1) is 0 Å². The predicted octanol–water partition coefficient (Wildman–Crippen LogP) is 4.11. The van der Waals surface area contributed by atoms with Gasteiger partial charge in [0.25, 0.3) is 0 Å². The van der Waals surface area contributed by atoms with E-state index in [1.54, 1.807) is 0 Å². The van der Waals surface area contributed by atoms with Gasteiger partial charge in [-0.15, -0.1) is 0 Å². The maximum atomic E-state index is 3.50. The molecule has 0 aliphatic heterocycles. The van der Waals surface area contributed by atoms with Gasteiger partial charge in [-0.1, -0.05) is 48.5 Å². The first kappa shape index (κ1) is 13.7. The molecule has 104 valence electrons. The molecule has 1 nitrogen and oxygen atoms in total. The van der Waals surface area contributed by atoms with Crippen LogP contribution in [0, 0.1) is 6.92 Å². The molecule has 2 atom stereocenters. The van der Waals surface area contributed by atoms with Gasteiger partial charge in [0, 0.05) is 17.0 Å². The second kappa shape index (κ2) is 6.02. The Morgan fingerprint density at radius 3 is 2.65 bits per heavy atom. The van der Waals surface area contributed by atoms with E-state index >= 15 is 0 Å². The Morgan fingerprint density at radius 2 is 1.85 bits per heavy atom. The molecule has 0 aromatic heterocycles. The first-order chi connectivity index (χ1) is 9.79. The van der Waals surface area contributed by atoms with E-state index in [0.717, 1.165) is 5.75 Å². The second-order valence-corrected chi connectivity index (χ2v) is 6.67. The highest BCUT2D eigenvalue weighted by Gasteiger charge is 2.31. The van der Waals surface area contributed by atoms with Crippen molar-refractivity contribution in [3.63, 3.8) is 0 Å². The van der Waals surface area contributed by atoms with Crippen LogP contribution in [0.5, 0.6) is 0 Å². The molecule has 2 unspecified atom stereocenters. The summed E-state index contributed by atoms with van der Waals surface area (Å²) in [6, 6.07) is 18.0. The summed E-state index contributed by atoms with van der Waals surface area (Å²) in [6.07, 6.45) is 1.18. The zero-order chi connectivity index (χ0) is 13.9. The Bertz CT molecular complexity index is 593. The summed E-state index contributed by atoms with van der Waals surface area (Å²) in [5, 5.41) is 4.14. The van der Waals surface area contributed by atoms with E-state index in [0.29, 0.717) is 11.3 Å². The third kappa shape index (κ3) is 2.63. The maximum Gasteiger partial charge on any atom is 0.0444 e. The Balaban J connectivity index is 1.72. The van der Waals surface area contributed by atoms with E-state index in [1.165, 1.54) is 28.7 Å². The van der Waals surface area contributed by atoms with Crippen molar-refractivity contribution in [2.45, 2.75) is 30.4 Å². The molecule has 1 aliphatic carbocycles. The number of hydrogen-bond donors (Lipinski definition) is 1. The quantitative estimate of drug-likeness (QED) is 0.906. The molecular weight excluding hydrogens is 262 g/mol. The van der Waals surface area contributed by atoms with Crippen LogP contribution < -0.4 is 5.32 Å². The van der Waals surface area contributed by atoms with Gasteiger partial charge in [-0.3, -0.25) is 0 Å². The van der Waals surface area contributed by atoms with Gasteiger partial charge >= 0.3 is 0 Å². The van der Waals surface area contributed by atoms with Crippen molar-refractivity contribution in [2.24, 2.45) is 0 Å². The van der Waals surface area contributed by atoms with E-state index < -0.39 is 0 Å². The number of benzene rings is 2. The molecule has 2 heteroatoms. The number of thioether (sulfide) groups is 1.